The average Bonchev–Trinajstić information content (AvgIpc) is 2.87. The van der Waals surface area contributed by atoms with Crippen molar-refractivity contribution < 1.29 is 4.52 Å². The first kappa shape index (κ1) is 13.8. The fourth-order valence-corrected chi connectivity index (χ4v) is 1.89. The molecule has 19 heavy (non-hydrogen) atoms. The fourth-order valence-electron chi connectivity index (χ4n) is 1.89. The van der Waals surface area contributed by atoms with Gasteiger partial charge in [-0.2, -0.15) is 0 Å². The van der Waals surface area contributed by atoms with Crippen LogP contribution in [-0.4, -0.2) is 20.2 Å². The highest BCUT2D eigenvalue weighted by atomic mass is 16.5. The Kier molecular flexibility index (Phi) is 3.75. The van der Waals surface area contributed by atoms with Crippen molar-refractivity contribution in [1.82, 2.24) is 20.0 Å². The van der Waals surface area contributed by atoms with Gasteiger partial charge in [-0.05, 0) is 34.6 Å². The van der Waals surface area contributed by atoms with Gasteiger partial charge in [-0.15, -0.1) is 0 Å². The lowest BCUT2D eigenvalue weighted by Crippen LogP contribution is -2.35. The zero-order valence-corrected chi connectivity index (χ0v) is 12.3. The van der Waals surface area contributed by atoms with E-state index in [9.17, 15) is 0 Å². The van der Waals surface area contributed by atoms with E-state index in [1.165, 1.54) is 0 Å². The molecule has 5 nitrogen and oxygen atoms in total. The zero-order valence-electron chi connectivity index (χ0n) is 12.3. The van der Waals surface area contributed by atoms with Gasteiger partial charge in [-0.3, -0.25) is 0 Å². The van der Waals surface area contributed by atoms with E-state index in [1.54, 1.807) is 0 Å². The van der Waals surface area contributed by atoms with Gasteiger partial charge in [0.2, 0.25) is 0 Å². The molecule has 2 heterocycles. The molecule has 1 N–H and O–H groups in total. The molecule has 0 atom stereocenters. The van der Waals surface area contributed by atoms with Gasteiger partial charge in [-0.1, -0.05) is 5.16 Å². The summed E-state index contributed by atoms with van der Waals surface area (Å²) in [5, 5.41) is 7.46. The number of nitrogens with zero attached hydrogens (tertiary/aromatic N) is 3. The summed E-state index contributed by atoms with van der Waals surface area (Å²) in [5.41, 5.74) is 3.34. The third-order valence-electron chi connectivity index (χ3n) is 3.11. The summed E-state index contributed by atoms with van der Waals surface area (Å²) >= 11 is 0. The zero-order chi connectivity index (χ0) is 14.0. The molecule has 0 bridgehead atoms. The van der Waals surface area contributed by atoms with E-state index in [1.807, 2.05) is 26.4 Å². The molecule has 0 aliphatic rings. The molecule has 0 amide bonds. The maximum Gasteiger partial charge on any atom is 0.138 e. The number of aromatic nitrogens is 3. The second-order valence-electron chi connectivity index (χ2n) is 5.92. The highest BCUT2D eigenvalue weighted by Gasteiger charge is 2.13. The highest BCUT2D eigenvalue weighted by molar-refractivity contribution is 5.21. The molecule has 0 aromatic carbocycles. The minimum atomic E-state index is 0.0954. The summed E-state index contributed by atoms with van der Waals surface area (Å²) in [5.74, 6) is 0.876. The highest BCUT2D eigenvalue weighted by Crippen LogP contribution is 2.15. The van der Waals surface area contributed by atoms with E-state index in [0.29, 0.717) is 0 Å². The Labute approximate surface area is 114 Å². The van der Waals surface area contributed by atoms with Crippen LogP contribution in [0, 0.1) is 13.8 Å². The second kappa shape index (κ2) is 5.17. The molecule has 2 aromatic rings. The average molecular weight is 262 g/mol. The number of hydrogen-bond acceptors (Lipinski definition) is 4. The minimum Gasteiger partial charge on any atom is -0.361 e. The number of aryl methyl sites for hydroxylation is 2. The van der Waals surface area contributed by atoms with Crippen LogP contribution >= 0.6 is 0 Å². The van der Waals surface area contributed by atoms with Gasteiger partial charge in [0.1, 0.15) is 5.76 Å². The summed E-state index contributed by atoms with van der Waals surface area (Å²) in [4.78, 5) is 4.23. The van der Waals surface area contributed by atoms with E-state index < -0.39 is 0 Å². The monoisotopic (exact) mass is 262 g/mol. The molecule has 0 aliphatic carbocycles. The van der Waals surface area contributed by atoms with Gasteiger partial charge in [0, 0.05) is 23.8 Å². The SMILES string of the molecule is Cc1noc(C)c1Cn1cncc1CNC(C)(C)C. The van der Waals surface area contributed by atoms with Crippen LogP contribution in [0.2, 0.25) is 0 Å². The van der Waals surface area contributed by atoms with E-state index in [0.717, 1.165) is 35.8 Å². The van der Waals surface area contributed by atoms with E-state index >= 15 is 0 Å². The quantitative estimate of drug-likeness (QED) is 0.919. The van der Waals surface area contributed by atoms with Gasteiger partial charge in [0.25, 0.3) is 0 Å². The molecular weight excluding hydrogens is 240 g/mol. The van der Waals surface area contributed by atoms with Crippen molar-refractivity contribution in [2.75, 3.05) is 0 Å². The maximum atomic E-state index is 5.20. The first-order valence-corrected chi connectivity index (χ1v) is 6.52. The molecule has 0 saturated heterocycles. The summed E-state index contributed by atoms with van der Waals surface area (Å²) < 4.78 is 7.33. The summed E-state index contributed by atoms with van der Waals surface area (Å²) in [7, 11) is 0. The Balaban J connectivity index is 2.12. The van der Waals surface area contributed by atoms with Crippen molar-refractivity contribution in [2.24, 2.45) is 0 Å². The second-order valence-corrected chi connectivity index (χ2v) is 5.92. The van der Waals surface area contributed by atoms with Crippen molar-refractivity contribution in [1.29, 1.82) is 0 Å². The third kappa shape index (κ3) is 3.44. The Morgan fingerprint density at radius 1 is 1.32 bits per heavy atom. The van der Waals surface area contributed by atoms with Crippen molar-refractivity contribution >= 4 is 0 Å². The van der Waals surface area contributed by atoms with Crippen molar-refractivity contribution in [3.8, 4) is 0 Å². The lowest BCUT2D eigenvalue weighted by molar-refractivity contribution is 0.391. The molecule has 0 aliphatic heterocycles. The Bertz CT molecular complexity index is 529. The van der Waals surface area contributed by atoms with E-state index in [2.05, 4.69) is 40.8 Å². The number of nitrogens with one attached hydrogen (secondary N) is 1. The Hall–Kier alpha value is -1.62. The summed E-state index contributed by atoms with van der Waals surface area (Å²) in [6, 6.07) is 0. The lowest BCUT2D eigenvalue weighted by Gasteiger charge is -2.21. The van der Waals surface area contributed by atoms with Crippen molar-refractivity contribution in [3.05, 3.63) is 35.2 Å². The topological polar surface area (TPSA) is 55.9 Å². The Morgan fingerprint density at radius 2 is 2.05 bits per heavy atom. The molecule has 2 rings (SSSR count). The van der Waals surface area contributed by atoms with Gasteiger partial charge in [0.05, 0.1) is 24.3 Å². The van der Waals surface area contributed by atoms with Crippen LogP contribution in [0.1, 0.15) is 43.5 Å². The molecule has 0 saturated carbocycles. The van der Waals surface area contributed by atoms with Crippen LogP contribution in [0.3, 0.4) is 0 Å². The molecular formula is C14H22N4O. The molecule has 0 radical (unpaired) electrons. The lowest BCUT2D eigenvalue weighted by atomic mass is 10.1. The van der Waals surface area contributed by atoms with Gasteiger partial charge >= 0.3 is 0 Å². The van der Waals surface area contributed by atoms with E-state index in [-0.39, 0.29) is 5.54 Å². The fraction of sp³-hybridized carbons (Fsp3) is 0.571. The van der Waals surface area contributed by atoms with E-state index in [4.69, 9.17) is 4.52 Å². The normalized spacial score (nSPS) is 12.1. The van der Waals surface area contributed by atoms with Crippen LogP contribution in [0.25, 0.3) is 0 Å². The molecule has 0 spiro atoms. The standard InChI is InChI=1S/C14H22N4O/c1-10-13(11(2)19-17-10)8-18-9-15-6-12(18)7-16-14(3,4)5/h6,9,16H,7-8H2,1-5H3. The van der Waals surface area contributed by atoms with Crippen LogP contribution in [0.5, 0.6) is 0 Å². The van der Waals surface area contributed by atoms with Gasteiger partial charge in [0.15, 0.2) is 0 Å². The number of rotatable bonds is 4. The molecule has 0 unspecified atom stereocenters. The van der Waals surface area contributed by atoms with Crippen LogP contribution in [-0.2, 0) is 13.1 Å². The molecule has 104 valence electrons. The predicted octanol–water partition coefficient (Wildman–Crippen LogP) is 2.42. The van der Waals surface area contributed by atoms with Crippen LogP contribution in [0.4, 0.5) is 0 Å². The third-order valence-corrected chi connectivity index (χ3v) is 3.11. The minimum absolute atomic E-state index is 0.0954. The predicted molar refractivity (Wildman–Crippen MR) is 73.9 cm³/mol. The Morgan fingerprint density at radius 3 is 2.63 bits per heavy atom. The molecule has 5 heteroatoms. The molecule has 0 fully saturated rings. The smallest absolute Gasteiger partial charge is 0.138 e. The van der Waals surface area contributed by atoms with Crippen molar-refractivity contribution in [3.63, 3.8) is 0 Å². The van der Waals surface area contributed by atoms with Crippen LogP contribution < -0.4 is 5.32 Å². The van der Waals surface area contributed by atoms with Gasteiger partial charge in [-0.25, -0.2) is 4.98 Å². The maximum absolute atomic E-state index is 5.20. The van der Waals surface area contributed by atoms with Crippen molar-refractivity contribution in [2.45, 2.75) is 53.2 Å². The first-order chi connectivity index (χ1) is 8.87. The summed E-state index contributed by atoms with van der Waals surface area (Å²) in [6.07, 6.45) is 3.75. The number of hydrogen-bond donors (Lipinski definition) is 1. The number of imidazole rings is 1. The molecule has 2 aromatic heterocycles. The van der Waals surface area contributed by atoms with Gasteiger partial charge < -0.3 is 14.4 Å². The summed E-state index contributed by atoms with van der Waals surface area (Å²) in [6.45, 7) is 11.9. The van der Waals surface area contributed by atoms with Crippen LogP contribution in [0.15, 0.2) is 17.0 Å². The largest absolute Gasteiger partial charge is 0.361 e. The first-order valence-electron chi connectivity index (χ1n) is 6.52.